The van der Waals surface area contributed by atoms with Crippen LogP contribution in [0.15, 0.2) is 90.0 Å². The lowest BCUT2D eigenvalue weighted by molar-refractivity contribution is 0.0988. The SMILES string of the molecule is COc1cc(Nc2nc3ccccc3nc2CS(=O)(=O)c2cccc(CC(=O)c3ccc[nH]3)c2)cc(OC)c1. The number of aromatic nitrogens is 3. The lowest BCUT2D eigenvalue weighted by Crippen LogP contribution is -2.11. The summed E-state index contributed by atoms with van der Waals surface area (Å²) in [6.07, 6.45) is 1.75. The summed E-state index contributed by atoms with van der Waals surface area (Å²) < 4.78 is 37.9. The number of benzene rings is 3. The highest BCUT2D eigenvalue weighted by molar-refractivity contribution is 7.90. The van der Waals surface area contributed by atoms with Gasteiger partial charge in [-0.3, -0.25) is 4.79 Å². The van der Waals surface area contributed by atoms with Gasteiger partial charge in [0.25, 0.3) is 0 Å². The minimum absolute atomic E-state index is 0.0735. The predicted octanol–water partition coefficient (Wildman–Crippen LogP) is 5.12. The molecule has 2 aromatic heterocycles. The molecule has 0 spiro atoms. The van der Waals surface area contributed by atoms with Crippen LogP contribution in [0.5, 0.6) is 11.5 Å². The maximum Gasteiger partial charge on any atom is 0.184 e. The van der Waals surface area contributed by atoms with Gasteiger partial charge in [-0.2, -0.15) is 0 Å². The highest BCUT2D eigenvalue weighted by atomic mass is 32.2. The molecule has 9 nitrogen and oxygen atoms in total. The minimum Gasteiger partial charge on any atom is -0.497 e. The first-order chi connectivity index (χ1) is 18.8. The van der Waals surface area contributed by atoms with Crippen LogP contribution in [0.2, 0.25) is 0 Å². The molecule has 0 fully saturated rings. The Balaban J connectivity index is 1.49. The van der Waals surface area contributed by atoms with Crippen LogP contribution < -0.4 is 14.8 Å². The molecule has 0 aliphatic carbocycles. The Labute approximate surface area is 225 Å². The van der Waals surface area contributed by atoms with E-state index in [0.717, 1.165) is 0 Å². The molecule has 39 heavy (non-hydrogen) atoms. The minimum atomic E-state index is -3.85. The third kappa shape index (κ3) is 5.91. The van der Waals surface area contributed by atoms with Crippen LogP contribution in [-0.4, -0.2) is 43.4 Å². The maximum atomic E-state index is 13.6. The number of ether oxygens (including phenoxy) is 2. The number of carbonyl (C=O) groups is 1. The molecule has 198 valence electrons. The van der Waals surface area contributed by atoms with Gasteiger partial charge < -0.3 is 19.8 Å². The summed E-state index contributed by atoms with van der Waals surface area (Å²) in [5, 5.41) is 3.20. The second-order valence-corrected chi connectivity index (χ2v) is 10.8. The first kappa shape index (κ1) is 25.9. The summed E-state index contributed by atoms with van der Waals surface area (Å²) in [7, 11) is -0.750. The van der Waals surface area contributed by atoms with E-state index in [0.29, 0.717) is 45.3 Å². The van der Waals surface area contributed by atoms with E-state index >= 15 is 0 Å². The van der Waals surface area contributed by atoms with Gasteiger partial charge in [0.2, 0.25) is 0 Å². The molecule has 0 radical (unpaired) electrons. The number of nitrogens with one attached hydrogen (secondary N) is 2. The number of carbonyl (C=O) groups excluding carboxylic acids is 1. The van der Waals surface area contributed by atoms with E-state index in [1.165, 1.54) is 12.1 Å². The third-order valence-electron chi connectivity index (χ3n) is 6.10. The number of anilines is 2. The molecule has 5 aromatic rings. The fourth-order valence-corrected chi connectivity index (χ4v) is 5.50. The number of H-pyrrole nitrogens is 1. The van der Waals surface area contributed by atoms with E-state index in [1.807, 2.05) is 18.2 Å². The summed E-state index contributed by atoms with van der Waals surface area (Å²) in [4.78, 5) is 24.8. The Kier molecular flexibility index (Phi) is 7.29. The van der Waals surface area contributed by atoms with Crippen molar-refractivity contribution in [1.82, 2.24) is 15.0 Å². The number of rotatable bonds is 10. The number of sulfone groups is 1. The van der Waals surface area contributed by atoms with E-state index < -0.39 is 15.6 Å². The largest absolute Gasteiger partial charge is 0.497 e. The number of hydrogen-bond donors (Lipinski definition) is 2. The molecule has 0 saturated heterocycles. The Bertz CT molecular complexity index is 1730. The zero-order valence-corrected chi connectivity index (χ0v) is 22.2. The van der Waals surface area contributed by atoms with Crippen molar-refractivity contribution in [2.45, 2.75) is 17.1 Å². The van der Waals surface area contributed by atoms with Crippen molar-refractivity contribution >= 4 is 38.2 Å². The molecule has 0 amide bonds. The van der Waals surface area contributed by atoms with Gasteiger partial charge in [-0.05, 0) is 42.0 Å². The Morgan fingerprint density at radius 1 is 0.872 bits per heavy atom. The van der Waals surface area contributed by atoms with Gasteiger partial charge in [0.1, 0.15) is 17.3 Å². The smallest absolute Gasteiger partial charge is 0.184 e. The summed E-state index contributed by atoms with van der Waals surface area (Å²) in [6.45, 7) is 0. The van der Waals surface area contributed by atoms with Gasteiger partial charge >= 0.3 is 0 Å². The summed E-state index contributed by atoms with van der Waals surface area (Å²) in [5.41, 5.74) is 3.10. The van der Waals surface area contributed by atoms with Gasteiger partial charge in [-0.25, -0.2) is 18.4 Å². The van der Waals surface area contributed by atoms with Crippen LogP contribution in [0.4, 0.5) is 11.5 Å². The highest BCUT2D eigenvalue weighted by Crippen LogP contribution is 2.30. The fraction of sp³-hybridized carbons (Fsp3) is 0.138. The quantitative estimate of drug-likeness (QED) is 0.233. The second-order valence-electron chi connectivity index (χ2n) is 8.82. The molecule has 0 bridgehead atoms. The van der Waals surface area contributed by atoms with Gasteiger partial charge in [0, 0.05) is 36.5 Å². The molecular weight excluding hydrogens is 516 g/mol. The predicted molar refractivity (Wildman–Crippen MR) is 149 cm³/mol. The van der Waals surface area contributed by atoms with Crippen LogP contribution in [0.3, 0.4) is 0 Å². The number of Topliss-reactive ketones (excluding diaryl/α,β-unsaturated/α-hetero) is 1. The zero-order valence-electron chi connectivity index (χ0n) is 21.3. The van der Waals surface area contributed by atoms with E-state index in [2.05, 4.69) is 20.3 Å². The van der Waals surface area contributed by atoms with Gasteiger partial charge in [-0.1, -0.05) is 24.3 Å². The van der Waals surface area contributed by atoms with E-state index in [4.69, 9.17) is 9.47 Å². The normalized spacial score (nSPS) is 11.3. The topological polar surface area (TPSA) is 123 Å². The molecule has 10 heteroatoms. The molecule has 0 atom stereocenters. The fourth-order valence-electron chi connectivity index (χ4n) is 4.15. The summed E-state index contributed by atoms with van der Waals surface area (Å²) >= 11 is 0. The Morgan fingerprint density at radius 3 is 2.26 bits per heavy atom. The van der Waals surface area contributed by atoms with Crippen molar-refractivity contribution in [3.8, 4) is 11.5 Å². The van der Waals surface area contributed by atoms with Crippen LogP contribution in [0.25, 0.3) is 11.0 Å². The molecule has 2 heterocycles. The number of nitrogens with zero attached hydrogens (tertiary/aromatic N) is 2. The average molecular weight is 543 g/mol. The van der Waals surface area contributed by atoms with Crippen molar-refractivity contribution in [1.29, 1.82) is 0 Å². The average Bonchev–Trinajstić information content (AvgIpc) is 3.48. The molecule has 0 unspecified atom stereocenters. The van der Waals surface area contributed by atoms with Crippen molar-refractivity contribution in [2.75, 3.05) is 19.5 Å². The molecule has 0 aliphatic rings. The highest BCUT2D eigenvalue weighted by Gasteiger charge is 2.22. The molecular formula is C29H26N4O5S. The van der Waals surface area contributed by atoms with Crippen molar-refractivity contribution < 1.29 is 22.7 Å². The monoisotopic (exact) mass is 542 g/mol. The first-order valence-corrected chi connectivity index (χ1v) is 13.7. The molecule has 2 N–H and O–H groups in total. The van der Waals surface area contributed by atoms with Crippen molar-refractivity contribution in [3.63, 3.8) is 0 Å². The van der Waals surface area contributed by atoms with E-state index in [1.54, 1.807) is 68.9 Å². The summed E-state index contributed by atoms with van der Waals surface area (Å²) in [5.74, 6) is 0.888. The lowest BCUT2D eigenvalue weighted by atomic mass is 10.1. The number of ketones is 1. The van der Waals surface area contributed by atoms with E-state index in [9.17, 15) is 13.2 Å². The van der Waals surface area contributed by atoms with Gasteiger partial charge in [0.15, 0.2) is 21.4 Å². The van der Waals surface area contributed by atoms with Crippen molar-refractivity contribution in [3.05, 3.63) is 102 Å². The van der Waals surface area contributed by atoms with Crippen LogP contribution in [0.1, 0.15) is 21.7 Å². The number of fused-ring (bicyclic) bond motifs is 1. The molecule has 3 aromatic carbocycles. The maximum absolute atomic E-state index is 13.6. The zero-order chi connectivity index (χ0) is 27.4. The second kappa shape index (κ2) is 11.0. The Morgan fingerprint density at radius 2 is 1.59 bits per heavy atom. The number of aromatic amines is 1. The molecule has 0 saturated carbocycles. The number of hydrogen-bond acceptors (Lipinski definition) is 8. The number of methoxy groups -OCH3 is 2. The Hall–Kier alpha value is -4.70. The molecule has 0 aliphatic heterocycles. The summed E-state index contributed by atoms with van der Waals surface area (Å²) in [6, 6.07) is 22.3. The standard InChI is InChI=1S/C29H26N4O5S/c1-37-21-15-20(16-22(17-21)38-2)31-29-27(32-24-9-3-4-10-25(24)33-29)18-39(35,36)23-8-5-7-19(13-23)14-28(34)26-11-6-12-30-26/h3-13,15-17,30H,14,18H2,1-2H3,(H,31,33). The third-order valence-corrected chi connectivity index (χ3v) is 7.73. The van der Waals surface area contributed by atoms with Crippen LogP contribution >= 0.6 is 0 Å². The molecule has 5 rings (SSSR count). The van der Waals surface area contributed by atoms with Crippen LogP contribution in [-0.2, 0) is 22.0 Å². The van der Waals surface area contributed by atoms with Gasteiger partial charge in [0.05, 0.1) is 41.5 Å². The van der Waals surface area contributed by atoms with Gasteiger partial charge in [-0.15, -0.1) is 0 Å². The first-order valence-electron chi connectivity index (χ1n) is 12.1. The van der Waals surface area contributed by atoms with Crippen LogP contribution in [0, 0.1) is 0 Å². The lowest BCUT2D eigenvalue weighted by Gasteiger charge is -2.14. The van der Waals surface area contributed by atoms with Crippen molar-refractivity contribution in [2.24, 2.45) is 0 Å². The van der Waals surface area contributed by atoms with E-state index in [-0.39, 0.29) is 22.8 Å². The number of para-hydroxylation sites is 2.